The average Bonchev–Trinajstić information content (AvgIpc) is 2.93. The van der Waals surface area contributed by atoms with Gasteiger partial charge in [-0.1, -0.05) is 17.7 Å². The fourth-order valence-corrected chi connectivity index (χ4v) is 2.46. The van der Waals surface area contributed by atoms with Crippen LogP contribution in [0.5, 0.6) is 5.75 Å². The van der Waals surface area contributed by atoms with Gasteiger partial charge in [0, 0.05) is 12.5 Å². The van der Waals surface area contributed by atoms with Gasteiger partial charge in [-0.15, -0.1) is 0 Å². The first-order chi connectivity index (χ1) is 9.58. The van der Waals surface area contributed by atoms with Crippen molar-refractivity contribution in [1.82, 2.24) is 5.32 Å². The summed E-state index contributed by atoms with van der Waals surface area (Å²) in [7, 11) is 0. The predicted octanol–water partition coefficient (Wildman–Crippen LogP) is 3.26. The van der Waals surface area contributed by atoms with Gasteiger partial charge < -0.3 is 14.8 Å². The van der Waals surface area contributed by atoms with E-state index in [2.05, 4.69) is 5.32 Å². The third-order valence-corrected chi connectivity index (χ3v) is 3.78. The third kappa shape index (κ3) is 4.08. The number of benzene rings is 1. The SMILES string of the molecule is CC(C)OC[C@H](Oc1cccc(F)c1Cl)C1CCNC1. The molecule has 2 rings (SSSR count). The summed E-state index contributed by atoms with van der Waals surface area (Å²) in [4.78, 5) is 0. The van der Waals surface area contributed by atoms with Gasteiger partial charge in [0.2, 0.25) is 0 Å². The summed E-state index contributed by atoms with van der Waals surface area (Å²) in [5.41, 5.74) is 0. The topological polar surface area (TPSA) is 30.5 Å². The quantitative estimate of drug-likeness (QED) is 0.875. The zero-order valence-electron chi connectivity index (χ0n) is 11.9. The van der Waals surface area contributed by atoms with Crippen molar-refractivity contribution in [2.24, 2.45) is 5.92 Å². The van der Waals surface area contributed by atoms with E-state index in [1.807, 2.05) is 13.8 Å². The summed E-state index contributed by atoms with van der Waals surface area (Å²) >= 11 is 5.95. The van der Waals surface area contributed by atoms with Crippen molar-refractivity contribution in [1.29, 1.82) is 0 Å². The van der Waals surface area contributed by atoms with Crippen molar-refractivity contribution < 1.29 is 13.9 Å². The molecule has 0 amide bonds. The van der Waals surface area contributed by atoms with Gasteiger partial charge >= 0.3 is 0 Å². The van der Waals surface area contributed by atoms with Crippen LogP contribution in [0.1, 0.15) is 20.3 Å². The maximum atomic E-state index is 13.5. The lowest BCUT2D eigenvalue weighted by atomic mass is 10.0. The summed E-state index contributed by atoms with van der Waals surface area (Å²) in [6.45, 7) is 6.32. The molecule has 1 aliphatic rings. The first-order valence-corrected chi connectivity index (χ1v) is 7.38. The molecule has 1 saturated heterocycles. The molecule has 2 atom stereocenters. The van der Waals surface area contributed by atoms with E-state index in [0.717, 1.165) is 19.5 Å². The molecular weight excluding hydrogens is 281 g/mol. The Morgan fingerprint density at radius 1 is 1.45 bits per heavy atom. The minimum atomic E-state index is -0.461. The summed E-state index contributed by atoms with van der Waals surface area (Å²) in [6.07, 6.45) is 1.05. The lowest BCUT2D eigenvalue weighted by Gasteiger charge is -2.25. The summed E-state index contributed by atoms with van der Waals surface area (Å²) < 4.78 is 25.1. The molecule has 1 unspecified atom stereocenters. The molecule has 0 radical (unpaired) electrons. The Morgan fingerprint density at radius 2 is 2.25 bits per heavy atom. The molecule has 0 aliphatic carbocycles. The Kier molecular flexibility index (Phi) is 5.64. The monoisotopic (exact) mass is 301 g/mol. The van der Waals surface area contributed by atoms with Crippen LogP contribution >= 0.6 is 11.6 Å². The number of rotatable bonds is 6. The second kappa shape index (κ2) is 7.25. The van der Waals surface area contributed by atoms with Gasteiger partial charge in [-0.3, -0.25) is 0 Å². The molecule has 0 aromatic heterocycles. The van der Waals surface area contributed by atoms with E-state index in [9.17, 15) is 4.39 Å². The highest BCUT2D eigenvalue weighted by atomic mass is 35.5. The van der Waals surface area contributed by atoms with E-state index in [0.29, 0.717) is 18.3 Å². The second-order valence-electron chi connectivity index (χ2n) is 5.34. The van der Waals surface area contributed by atoms with E-state index in [1.165, 1.54) is 6.07 Å². The Bertz CT molecular complexity index is 436. The molecule has 1 heterocycles. The average molecular weight is 302 g/mol. The third-order valence-electron chi connectivity index (χ3n) is 3.41. The van der Waals surface area contributed by atoms with Gasteiger partial charge in [0.05, 0.1) is 12.7 Å². The highest BCUT2D eigenvalue weighted by Crippen LogP contribution is 2.29. The lowest BCUT2D eigenvalue weighted by molar-refractivity contribution is -0.00373. The van der Waals surface area contributed by atoms with Crippen LogP contribution in [0.3, 0.4) is 0 Å². The second-order valence-corrected chi connectivity index (χ2v) is 5.72. The van der Waals surface area contributed by atoms with Crippen LogP contribution in [0.2, 0.25) is 5.02 Å². The Labute approximate surface area is 124 Å². The standard InChI is InChI=1S/C15H21ClFNO2/c1-10(2)19-9-14(11-6-7-18-8-11)20-13-5-3-4-12(17)15(13)16/h3-5,10-11,14,18H,6-9H2,1-2H3/t11?,14-/m0/s1. The predicted molar refractivity (Wildman–Crippen MR) is 77.9 cm³/mol. The zero-order valence-corrected chi connectivity index (χ0v) is 12.6. The lowest BCUT2D eigenvalue weighted by Crippen LogP contribution is -2.34. The maximum absolute atomic E-state index is 13.5. The number of halogens is 2. The minimum absolute atomic E-state index is 0.0352. The van der Waals surface area contributed by atoms with Gasteiger partial charge in [0.1, 0.15) is 22.7 Å². The van der Waals surface area contributed by atoms with Crippen molar-refractivity contribution in [3.8, 4) is 5.75 Å². The Balaban J connectivity index is 2.07. The molecular formula is C15H21ClFNO2. The van der Waals surface area contributed by atoms with E-state index >= 15 is 0 Å². The number of hydrogen-bond donors (Lipinski definition) is 1. The van der Waals surface area contributed by atoms with Gasteiger partial charge in [-0.25, -0.2) is 4.39 Å². The Morgan fingerprint density at radius 3 is 2.90 bits per heavy atom. The molecule has 1 fully saturated rings. The van der Waals surface area contributed by atoms with Crippen LogP contribution in [0.15, 0.2) is 18.2 Å². The van der Waals surface area contributed by atoms with Crippen molar-refractivity contribution in [3.05, 3.63) is 29.0 Å². The molecule has 1 aliphatic heterocycles. The number of hydrogen-bond acceptors (Lipinski definition) is 3. The summed E-state index contributed by atoms with van der Waals surface area (Å²) in [5, 5.41) is 3.34. The summed E-state index contributed by atoms with van der Waals surface area (Å²) in [5.74, 6) is 0.279. The van der Waals surface area contributed by atoms with Crippen LogP contribution < -0.4 is 10.1 Å². The number of ether oxygens (including phenoxy) is 2. The molecule has 5 heteroatoms. The molecule has 3 nitrogen and oxygen atoms in total. The van der Waals surface area contributed by atoms with Crippen LogP contribution in [-0.4, -0.2) is 31.9 Å². The fourth-order valence-electron chi connectivity index (χ4n) is 2.29. The first-order valence-electron chi connectivity index (χ1n) is 7.01. The van der Waals surface area contributed by atoms with E-state index in [-0.39, 0.29) is 17.2 Å². The van der Waals surface area contributed by atoms with E-state index in [4.69, 9.17) is 21.1 Å². The molecule has 0 saturated carbocycles. The van der Waals surface area contributed by atoms with Gasteiger partial charge in [-0.05, 0) is 38.9 Å². The van der Waals surface area contributed by atoms with Crippen molar-refractivity contribution in [2.45, 2.75) is 32.5 Å². The molecule has 20 heavy (non-hydrogen) atoms. The van der Waals surface area contributed by atoms with Crippen LogP contribution in [0.25, 0.3) is 0 Å². The molecule has 1 aromatic carbocycles. The van der Waals surface area contributed by atoms with Crippen molar-refractivity contribution >= 4 is 11.6 Å². The molecule has 0 bridgehead atoms. The normalized spacial score (nSPS) is 20.4. The fraction of sp³-hybridized carbons (Fsp3) is 0.600. The van der Waals surface area contributed by atoms with Crippen molar-refractivity contribution in [2.75, 3.05) is 19.7 Å². The van der Waals surface area contributed by atoms with Gasteiger partial charge in [0.25, 0.3) is 0 Å². The molecule has 1 aromatic rings. The van der Waals surface area contributed by atoms with Crippen LogP contribution in [0, 0.1) is 11.7 Å². The number of nitrogens with one attached hydrogen (secondary N) is 1. The maximum Gasteiger partial charge on any atom is 0.145 e. The summed E-state index contributed by atoms with van der Waals surface area (Å²) in [6, 6.07) is 4.62. The zero-order chi connectivity index (χ0) is 14.5. The van der Waals surface area contributed by atoms with Gasteiger partial charge in [-0.2, -0.15) is 0 Å². The van der Waals surface area contributed by atoms with E-state index < -0.39 is 5.82 Å². The highest BCUT2D eigenvalue weighted by molar-refractivity contribution is 6.32. The smallest absolute Gasteiger partial charge is 0.145 e. The Hall–Kier alpha value is -0.840. The van der Waals surface area contributed by atoms with E-state index in [1.54, 1.807) is 12.1 Å². The van der Waals surface area contributed by atoms with Crippen LogP contribution in [-0.2, 0) is 4.74 Å². The first kappa shape index (κ1) is 15.5. The largest absolute Gasteiger partial charge is 0.486 e. The molecule has 0 spiro atoms. The minimum Gasteiger partial charge on any atom is -0.486 e. The molecule has 1 N–H and O–H groups in total. The molecule has 112 valence electrons. The highest BCUT2D eigenvalue weighted by Gasteiger charge is 2.28. The van der Waals surface area contributed by atoms with Crippen molar-refractivity contribution in [3.63, 3.8) is 0 Å². The van der Waals surface area contributed by atoms with Gasteiger partial charge in [0.15, 0.2) is 0 Å². The van der Waals surface area contributed by atoms with Crippen LogP contribution in [0.4, 0.5) is 4.39 Å².